The van der Waals surface area contributed by atoms with E-state index < -0.39 is 5.91 Å². The number of nitrogens with one attached hydrogen (secondary N) is 1. The van der Waals surface area contributed by atoms with Gasteiger partial charge < -0.3 is 30.3 Å². The van der Waals surface area contributed by atoms with Gasteiger partial charge in [0, 0.05) is 38.1 Å². The fourth-order valence-corrected chi connectivity index (χ4v) is 4.00. The average Bonchev–Trinajstić information content (AvgIpc) is 3.00. The van der Waals surface area contributed by atoms with Crippen molar-refractivity contribution in [1.29, 1.82) is 0 Å². The van der Waals surface area contributed by atoms with E-state index in [0.717, 1.165) is 54.6 Å². The van der Waals surface area contributed by atoms with Gasteiger partial charge in [0.1, 0.15) is 17.3 Å². The zero-order chi connectivity index (χ0) is 22.1. The van der Waals surface area contributed by atoms with E-state index in [2.05, 4.69) is 21.8 Å². The molecule has 0 bridgehead atoms. The van der Waals surface area contributed by atoms with Crippen LogP contribution in [0.3, 0.4) is 0 Å². The summed E-state index contributed by atoms with van der Waals surface area (Å²) < 4.78 is 11.1. The lowest BCUT2D eigenvalue weighted by Crippen LogP contribution is -2.39. The molecule has 31 heavy (non-hydrogen) atoms. The molecule has 0 saturated carbocycles. The summed E-state index contributed by atoms with van der Waals surface area (Å²) in [7, 11) is 1.97. The van der Waals surface area contributed by atoms with E-state index in [1.165, 1.54) is 0 Å². The van der Waals surface area contributed by atoms with Crippen LogP contribution in [0, 0.1) is 6.92 Å². The van der Waals surface area contributed by atoms with Crippen molar-refractivity contribution in [2.24, 2.45) is 5.73 Å². The van der Waals surface area contributed by atoms with Crippen molar-refractivity contribution in [2.45, 2.75) is 32.7 Å². The van der Waals surface area contributed by atoms with Gasteiger partial charge in [0.25, 0.3) is 5.91 Å². The lowest BCUT2D eigenvalue weighted by Gasteiger charge is -2.33. The number of aryl methyl sites for hydroxylation is 1. The van der Waals surface area contributed by atoms with Gasteiger partial charge in [-0.05, 0) is 38.3 Å². The number of nitrogens with zero attached hydrogens (tertiary/aromatic N) is 4. The number of anilines is 4. The molecule has 164 valence electrons. The first kappa shape index (κ1) is 20.9. The van der Waals surface area contributed by atoms with Gasteiger partial charge in [0.2, 0.25) is 5.95 Å². The zero-order valence-corrected chi connectivity index (χ0v) is 18.1. The number of hydrogen-bond acceptors (Lipinski definition) is 8. The Hall–Kier alpha value is -3.33. The van der Waals surface area contributed by atoms with Crippen molar-refractivity contribution in [3.63, 3.8) is 0 Å². The molecular formula is C22H28N6O3. The Kier molecular flexibility index (Phi) is 5.69. The Bertz CT molecular complexity index is 1020. The monoisotopic (exact) mass is 424 g/mol. The maximum Gasteiger partial charge on any atom is 0.252 e. The number of carbonyl (C=O) groups is 1. The van der Waals surface area contributed by atoms with Crippen LogP contribution in [-0.2, 0) is 4.74 Å². The molecule has 0 aliphatic carbocycles. The Balaban J connectivity index is 1.67. The molecule has 3 N–H and O–H groups in total. The Labute approximate surface area is 181 Å². The number of hydrogen-bond donors (Lipinski definition) is 2. The summed E-state index contributed by atoms with van der Waals surface area (Å²) in [5.74, 6) is 2.07. The van der Waals surface area contributed by atoms with E-state index in [4.69, 9.17) is 20.2 Å². The minimum atomic E-state index is -0.527. The molecule has 9 heteroatoms. The summed E-state index contributed by atoms with van der Waals surface area (Å²) >= 11 is 0. The topological polar surface area (TPSA) is 106 Å². The van der Waals surface area contributed by atoms with E-state index >= 15 is 0 Å². The number of ether oxygens (including phenoxy) is 2. The van der Waals surface area contributed by atoms with Gasteiger partial charge in [-0.25, -0.2) is 4.98 Å². The summed E-state index contributed by atoms with van der Waals surface area (Å²) in [6.45, 7) is 9.89. The molecule has 1 aromatic carbocycles. The number of primary amides is 1. The molecule has 2 aromatic rings. The highest BCUT2D eigenvalue weighted by molar-refractivity contribution is 5.96. The van der Waals surface area contributed by atoms with Crippen molar-refractivity contribution < 1.29 is 14.3 Å². The van der Waals surface area contributed by atoms with Gasteiger partial charge in [0.05, 0.1) is 18.4 Å². The van der Waals surface area contributed by atoms with Crippen LogP contribution < -0.4 is 25.6 Å². The summed E-state index contributed by atoms with van der Waals surface area (Å²) in [6, 6.07) is 3.76. The number of benzene rings is 1. The van der Waals surface area contributed by atoms with Gasteiger partial charge in [0.15, 0.2) is 5.82 Å². The highest BCUT2D eigenvalue weighted by Gasteiger charge is 2.35. The van der Waals surface area contributed by atoms with Crippen molar-refractivity contribution in [3.05, 3.63) is 41.9 Å². The van der Waals surface area contributed by atoms with Crippen molar-refractivity contribution in [1.82, 2.24) is 9.97 Å². The first-order valence-electron chi connectivity index (χ1n) is 10.4. The van der Waals surface area contributed by atoms with Crippen LogP contribution >= 0.6 is 0 Å². The summed E-state index contributed by atoms with van der Waals surface area (Å²) in [5, 5.41) is 3.27. The molecule has 0 radical (unpaired) electrons. The second kappa shape index (κ2) is 8.43. The van der Waals surface area contributed by atoms with Crippen LogP contribution in [0.15, 0.2) is 30.7 Å². The van der Waals surface area contributed by atoms with Crippen LogP contribution in [-0.4, -0.2) is 48.8 Å². The summed E-state index contributed by atoms with van der Waals surface area (Å²) in [4.78, 5) is 25.3. The quantitative estimate of drug-likeness (QED) is 0.729. The predicted octanol–water partition coefficient (Wildman–Crippen LogP) is 2.93. The molecule has 1 saturated heterocycles. The molecule has 1 fully saturated rings. The fraction of sp³-hybridized carbons (Fsp3) is 0.409. The number of fused-ring (bicyclic) bond motifs is 1. The number of rotatable bonds is 6. The van der Waals surface area contributed by atoms with E-state index in [9.17, 15) is 4.79 Å². The summed E-state index contributed by atoms with van der Waals surface area (Å²) in [5.41, 5.74) is 8.35. The lowest BCUT2D eigenvalue weighted by molar-refractivity contribution is 0.0858. The molecule has 3 heterocycles. The minimum absolute atomic E-state index is 0.286. The van der Waals surface area contributed by atoms with Crippen LogP contribution in [0.5, 0.6) is 5.75 Å². The summed E-state index contributed by atoms with van der Waals surface area (Å²) in [6.07, 6.45) is 3.64. The average molecular weight is 425 g/mol. The van der Waals surface area contributed by atoms with Gasteiger partial charge in [-0.1, -0.05) is 6.58 Å². The lowest BCUT2D eigenvalue weighted by atomic mass is 10.1. The highest BCUT2D eigenvalue weighted by Crippen LogP contribution is 2.41. The number of nitrogens with two attached hydrogens (primary N) is 1. The molecule has 1 amide bonds. The Morgan fingerprint density at radius 1 is 1.39 bits per heavy atom. The largest absolute Gasteiger partial charge is 0.493 e. The first-order valence-corrected chi connectivity index (χ1v) is 10.4. The van der Waals surface area contributed by atoms with E-state index in [1.807, 2.05) is 25.8 Å². The van der Waals surface area contributed by atoms with Crippen LogP contribution in [0.25, 0.3) is 0 Å². The zero-order valence-electron chi connectivity index (χ0n) is 18.1. The normalized spacial score (nSPS) is 16.4. The third-order valence-corrected chi connectivity index (χ3v) is 5.70. The second-order valence-electron chi connectivity index (χ2n) is 7.68. The van der Waals surface area contributed by atoms with Crippen LogP contribution in [0.2, 0.25) is 0 Å². The number of carbonyl (C=O) groups excluding carboxylic acids is 1. The molecule has 2 aliphatic heterocycles. The van der Waals surface area contributed by atoms with Gasteiger partial charge >= 0.3 is 0 Å². The molecule has 9 nitrogen and oxygen atoms in total. The van der Waals surface area contributed by atoms with Gasteiger partial charge in [-0.15, -0.1) is 0 Å². The standard InChI is InChI=1S/C22H28N6O3/c1-5-31-19-11-17(13(2)10-16(19)20(23)29)25-22-24-12-18-21(26-22)28(14(3)27(18)4)15-6-8-30-9-7-15/h10-12,15H,3,5-9H2,1-2,4H3,(H2,23,29)(H,24,25,26). The highest BCUT2D eigenvalue weighted by atomic mass is 16.5. The van der Waals surface area contributed by atoms with Crippen molar-refractivity contribution in [2.75, 3.05) is 42.0 Å². The van der Waals surface area contributed by atoms with E-state index in [0.29, 0.717) is 23.9 Å². The van der Waals surface area contributed by atoms with Crippen LogP contribution in [0.1, 0.15) is 35.7 Å². The predicted molar refractivity (Wildman–Crippen MR) is 120 cm³/mol. The first-order chi connectivity index (χ1) is 14.9. The molecule has 0 spiro atoms. The van der Waals surface area contributed by atoms with E-state index in [-0.39, 0.29) is 6.04 Å². The van der Waals surface area contributed by atoms with Crippen LogP contribution in [0.4, 0.5) is 23.1 Å². The van der Waals surface area contributed by atoms with E-state index in [1.54, 1.807) is 18.3 Å². The number of aromatic nitrogens is 2. The molecule has 0 atom stereocenters. The molecule has 2 aliphatic rings. The maximum absolute atomic E-state index is 11.8. The fourth-order valence-electron chi connectivity index (χ4n) is 4.00. The molecule has 1 aromatic heterocycles. The van der Waals surface area contributed by atoms with Gasteiger partial charge in [-0.2, -0.15) is 4.98 Å². The second-order valence-corrected chi connectivity index (χ2v) is 7.68. The Morgan fingerprint density at radius 3 is 2.81 bits per heavy atom. The third kappa shape index (κ3) is 3.88. The Morgan fingerprint density at radius 2 is 2.13 bits per heavy atom. The van der Waals surface area contributed by atoms with Gasteiger partial charge in [-0.3, -0.25) is 4.79 Å². The SMILES string of the molecule is C=C1N(C)c2cnc(Nc3cc(OCC)c(C(N)=O)cc3C)nc2N1C1CCOCC1. The molecule has 4 rings (SSSR count). The molecular weight excluding hydrogens is 396 g/mol. The molecule has 0 unspecified atom stereocenters. The third-order valence-electron chi connectivity index (χ3n) is 5.70. The smallest absolute Gasteiger partial charge is 0.252 e. The van der Waals surface area contributed by atoms with Crippen molar-refractivity contribution >= 4 is 29.0 Å². The number of amides is 1. The minimum Gasteiger partial charge on any atom is -0.493 e. The van der Waals surface area contributed by atoms with Crippen molar-refractivity contribution in [3.8, 4) is 5.75 Å². The maximum atomic E-state index is 11.8.